The fourth-order valence-electron chi connectivity index (χ4n) is 1.89. The van der Waals surface area contributed by atoms with E-state index in [0.29, 0.717) is 0 Å². The van der Waals surface area contributed by atoms with Gasteiger partial charge in [-0.3, -0.25) is 0 Å². The lowest BCUT2D eigenvalue weighted by Gasteiger charge is -2.00. The molecule has 0 aromatic rings. The first-order chi connectivity index (χ1) is 7.59. The van der Waals surface area contributed by atoms with E-state index in [2.05, 4.69) is 39.8 Å². The molecule has 1 fully saturated rings. The van der Waals surface area contributed by atoms with Gasteiger partial charge >= 0.3 is 0 Å². The van der Waals surface area contributed by atoms with Crippen LogP contribution >= 0.6 is 0 Å². The van der Waals surface area contributed by atoms with Crippen molar-refractivity contribution < 1.29 is 0 Å². The molecule has 1 aliphatic rings. The number of rotatable bonds is 6. The third-order valence-electron chi connectivity index (χ3n) is 3.21. The van der Waals surface area contributed by atoms with Crippen molar-refractivity contribution in [1.29, 1.82) is 0 Å². The summed E-state index contributed by atoms with van der Waals surface area (Å²) in [6, 6.07) is 0. The molecule has 0 radical (unpaired) electrons. The van der Waals surface area contributed by atoms with Crippen molar-refractivity contribution in [3.05, 3.63) is 34.4 Å². The first-order valence-electron chi connectivity index (χ1n) is 6.56. The van der Waals surface area contributed by atoms with Crippen LogP contribution in [0.1, 0.15) is 66.2 Å². The van der Waals surface area contributed by atoms with Gasteiger partial charge in [0.1, 0.15) is 0 Å². The molecule has 0 atom stereocenters. The van der Waals surface area contributed by atoms with Crippen LogP contribution in [0.3, 0.4) is 0 Å². The normalized spacial score (nSPS) is 15.0. The predicted octanol–water partition coefficient (Wildman–Crippen LogP) is 5.57. The summed E-state index contributed by atoms with van der Waals surface area (Å²) in [6.45, 7) is 8.90. The summed E-state index contributed by atoms with van der Waals surface area (Å²) in [5.74, 6) is 0. The molecule has 0 nitrogen and oxygen atoms in total. The molecule has 0 heteroatoms. The summed E-state index contributed by atoms with van der Waals surface area (Å²) in [4.78, 5) is 0. The van der Waals surface area contributed by atoms with Gasteiger partial charge in [-0.05, 0) is 66.2 Å². The van der Waals surface area contributed by atoms with Crippen molar-refractivity contribution in [3.8, 4) is 0 Å². The SMILES string of the molecule is CC(C)=CCC/C(C)=C/CCC(C)=C1CC1. The molecule has 90 valence electrons. The predicted molar refractivity (Wildman–Crippen MR) is 73.6 cm³/mol. The van der Waals surface area contributed by atoms with Gasteiger partial charge in [0.2, 0.25) is 0 Å². The van der Waals surface area contributed by atoms with Crippen molar-refractivity contribution in [3.63, 3.8) is 0 Å². The van der Waals surface area contributed by atoms with Crippen LogP contribution in [0.25, 0.3) is 0 Å². The maximum absolute atomic E-state index is 2.42. The number of hydrogen-bond acceptors (Lipinski definition) is 0. The van der Waals surface area contributed by atoms with E-state index in [-0.39, 0.29) is 0 Å². The molecule has 0 spiro atoms. The van der Waals surface area contributed by atoms with Gasteiger partial charge in [-0.1, -0.05) is 34.4 Å². The lowest BCUT2D eigenvalue weighted by Crippen LogP contribution is -1.80. The Morgan fingerprint density at radius 2 is 1.56 bits per heavy atom. The summed E-state index contributed by atoms with van der Waals surface area (Å²) in [5.41, 5.74) is 6.34. The minimum atomic E-state index is 1.20. The maximum Gasteiger partial charge on any atom is -0.0280 e. The minimum Gasteiger partial charge on any atom is -0.0856 e. The first-order valence-corrected chi connectivity index (χ1v) is 6.56. The van der Waals surface area contributed by atoms with Crippen LogP contribution in [0, 0.1) is 0 Å². The van der Waals surface area contributed by atoms with Gasteiger partial charge in [-0.25, -0.2) is 0 Å². The Morgan fingerprint density at radius 1 is 0.938 bits per heavy atom. The second kappa shape index (κ2) is 6.73. The summed E-state index contributed by atoms with van der Waals surface area (Å²) in [6.07, 6.45) is 12.4. The molecule has 0 heterocycles. The molecule has 0 aromatic heterocycles. The standard InChI is InChI=1S/C16H26/c1-13(2)7-5-8-14(3)9-6-10-15(4)16-11-12-16/h7,9H,5-6,8,10-12H2,1-4H3/b14-9+. The van der Waals surface area contributed by atoms with Gasteiger partial charge in [-0.15, -0.1) is 0 Å². The Balaban J connectivity index is 2.18. The van der Waals surface area contributed by atoms with E-state index in [0.717, 1.165) is 0 Å². The van der Waals surface area contributed by atoms with E-state index in [1.54, 1.807) is 16.7 Å². The molecule has 0 aromatic carbocycles. The van der Waals surface area contributed by atoms with Crippen LogP contribution in [0.15, 0.2) is 34.4 Å². The zero-order chi connectivity index (χ0) is 12.0. The highest BCUT2D eigenvalue weighted by atomic mass is 14.2. The summed E-state index contributed by atoms with van der Waals surface area (Å²) in [7, 11) is 0. The molecule has 1 saturated carbocycles. The Kier molecular flexibility index (Phi) is 5.59. The van der Waals surface area contributed by atoms with Crippen LogP contribution in [-0.4, -0.2) is 0 Å². The topological polar surface area (TPSA) is 0 Å². The third-order valence-corrected chi connectivity index (χ3v) is 3.21. The van der Waals surface area contributed by atoms with Crippen molar-refractivity contribution in [2.24, 2.45) is 0 Å². The van der Waals surface area contributed by atoms with Gasteiger partial charge in [0.15, 0.2) is 0 Å². The fourth-order valence-corrected chi connectivity index (χ4v) is 1.89. The largest absolute Gasteiger partial charge is 0.0856 e. The smallest absolute Gasteiger partial charge is 0.0280 e. The Bertz CT molecular complexity index is 303. The van der Waals surface area contributed by atoms with E-state index in [9.17, 15) is 0 Å². The van der Waals surface area contributed by atoms with E-state index in [4.69, 9.17) is 0 Å². The van der Waals surface area contributed by atoms with Crippen LogP contribution < -0.4 is 0 Å². The minimum absolute atomic E-state index is 1.20. The molecule has 16 heavy (non-hydrogen) atoms. The molecule has 0 saturated heterocycles. The Hall–Kier alpha value is -0.780. The first kappa shape index (κ1) is 13.3. The highest BCUT2D eigenvalue weighted by Gasteiger charge is 2.13. The van der Waals surface area contributed by atoms with E-state index in [1.807, 2.05) is 0 Å². The van der Waals surface area contributed by atoms with E-state index >= 15 is 0 Å². The molecule has 0 unspecified atom stereocenters. The van der Waals surface area contributed by atoms with Crippen LogP contribution in [0.2, 0.25) is 0 Å². The molecular weight excluding hydrogens is 192 g/mol. The van der Waals surface area contributed by atoms with Crippen molar-refractivity contribution in [2.45, 2.75) is 66.2 Å². The van der Waals surface area contributed by atoms with Crippen molar-refractivity contribution in [1.82, 2.24) is 0 Å². The highest BCUT2D eigenvalue weighted by Crippen LogP contribution is 2.33. The van der Waals surface area contributed by atoms with Gasteiger partial charge in [0, 0.05) is 0 Å². The fraction of sp³-hybridized carbons (Fsp3) is 0.625. The van der Waals surface area contributed by atoms with Gasteiger partial charge < -0.3 is 0 Å². The van der Waals surface area contributed by atoms with Crippen LogP contribution in [0.5, 0.6) is 0 Å². The molecule has 0 bridgehead atoms. The van der Waals surface area contributed by atoms with E-state index < -0.39 is 0 Å². The van der Waals surface area contributed by atoms with Crippen LogP contribution in [0.4, 0.5) is 0 Å². The second-order valence-electron chi connectivity index (χ2n) is 5.29. The highest BCUT2D eigenvalue weighted by molar-refractivity contribution is 5.23. The molecular formula is C16H26. The summed E-state index contributed by atoms with van der Waals surface area (Å²) >= 11 is 0. The lowest BCUT2D eigenvalue weighted by molar-refractivity contribution is 0.916. The molecule has 1 rings (SSSR count). The zero-order valence-corrected chi connectivity index (χ0v) is 11.4. The maximum atomic E-state index is 2.42. The average molecular weight is 218 g/mol. The zero-order valence-electron chi connectivity index (χ0n) is 11.4. The Morgan fingerprint density at radius 3 is 2.12 bits per heavy atom. The second-order valence-corrected chi connectivity index (χ2v) is 5.29. The van der Waals surface area contributed by atoms with Crippen LogP contribution in [-0.2, 0) is 0 Å². The van der Waals surface area contributed by atoms with Gasteiger partial charge in [-0.2, -0.15) is 0 Å². The third kappa shape index (κ3) is 5.95. The van der Waals surface area contributed by atoms with Gasteiger partial charge in [0.25, 0.3) is 0 Å². The number of allylic oxidation sites excluding steroid dienone is 6. The molecule has 0 N–H and O–H groups in total. The molecule has 0 aliphatic heterocycles. The molecule has 0 amide bonds. The summed E-state index contributed by atoms with van der Waals surface area (Å²) < 4.78 is 0. The average Bonchev–Trinajstić information content (AvgIpc) is 2.99. The quantitative estimate of drug-likeness (QED) is 0.511. The number of hydrogen-bond donors (Lipinski definition) is 0. The van der Waals surface area contributed by atoms with Crippen molar-refractivity contribution >= 4 is 0 Å². The Labute approximate surface area is 101 Å². The van der Waals surface area contributed by atoms with Crippen molar-refractivity contribution in [2.75, 3.05) is 0 Å². The summed E-state index contributed by atoms with van der Waals surface area (Å²) in [5, 5.41) is 0. The monoisotopic (exact) mass is 218 g/mol. The van der Waals surface area contributed by atoms with Gasteiger partial charge in [0.05, 0.1) is 0 Å². The lowest BCUT2D eigenvalue weighted by atomic mass is 10.1. The van der Waals surface area contributed by atoms with E-state index in [1.165, 1.54) is 44.1 Å². The molecule has 1 aliphatic carbocycles.